The summed E-state index contributed by atoms with van der Waals surface area (Å²) < 4.78 is 2.16. The molecule has 72 valence electrons. The molecule has 0 unspecified atom stereocenters. The van der Waals surface area contributed by atoms with Gasteiger partial charge in [-0.3, -0.25) is 4.68 Å². The van der Waals surface area contributed by atoms with Gasteiger partial charge in [-0.2, -0.15) is 5.10 Å². The first-order chi connectivity index (χ1) is 6.36. The van der Waals surface area contributed by atoms with Crippen molar-refractivity contribution >= 4 is 0 Å². The number of aryl methyl sites for hydroxylation is 1. The predicted octanol–water partition coefficient (Wildman–Crippen LogP) is 1.11. The van der Waals surface area contributed by atoms with Crippen LogP contribution in [0.25, 0.3) is 0 Å². The Morgan fingerprint density at radius 2 is 2.31 bits per heavy atom. The molecule has 1 aliphatic carbocycles. The Morgan fingerprint density at radius 3 is 3.00 bits per heavy atom. The minimum absolute atomic E-state index is 0.912. The van der Waals surface area contributed by atoms with Gasteiger partial charge in [-0.1, -0.05) is 0 Å². The molecular weight excluding hydrogens is 162 g/mol. The highest BCUT2D eigenvalue weighted by molar-refractivity contribution is 5.30. The van der Waals surface area contributed by atoms with Gasteiger partial charge in [-0.05, 0) is 38.8 Å². The van der Waals surface area contributed by atoms with Gasteiger partial charge in [0.25, 0.3) is 0 Å². The third kappa shape index (κ3) is 1.37. The molecule has 0 atom stereocenters. The standard InChI is InChI=1S/C10H17N3/c1-3-13-10-6-4-5-8(10)9(12-13)7-11-2/h11H,3-7H2,1-2H3. The zero-order valence-corrected chi connectivity index (χ0v) is 8.43. The van der Waals surface area contributed by atoms with Crippen LogP contribution in [0.3, 0.4) is 0 Å². The Balaban J connectivity index is 2.36. The molecule has 0 radical (unpaired) electrons. The van der Waals surface area contributed by atoms with Gasteiger partial charge < -0.3 is 5.32 Å². The van der Waals surface area contributed by atoms with Crippen LogP contribution in [-0.4, -0.2) is 16.8 Å². The number of hydrogen-bond donors (Lipinski definition) is 1. The van der Waals surface area contributed by atoms with Crippen LogP contribution in [0.5, 0.6) is 0 Å². The van der Waals surface area contributed by atoms with E-state index in [1.807, 2.05) is 7.05 Å². The van der Waals surface area contributed by atoms with E-state index < -0.39 is 0 Å². The fourth-order valence-electron chi connectivity index (χ4n) is 2.16. The maximum absolute atomic E-state index is 4.59. The molecule has 3 nitrogen and oxygen atoms in total. The minimum Gasteiger partial charge on any atom is -0.314 e. The molecular formula is C10H17N3. The molecule has 2 rings (SSSR count). The normalized spacial score (nSPS) is 14.9. The third-order valence-electron chi connectivity index (χ3n) is 2.73. The van der Waals surface area contributed by atoms with Crippen molar-refractivity contribution in [2.24, 2.45) is 0 Å². The lowest BCUT2D eigenvalue weighted by molar-refractivity contribution is 0.604. The van der Waals surface area contributed by atoms with Crippen LogP contribution in [0.4, 0.5) is 0 Å². The second-order valence-electron chi connectivity index (χ2n) is 3.57. The Morgan fingerprint density at radius 1 is 1.46 bits per heavy atom. The molecule has 1 aliphatic rings. The molecule has 3 heteroatoms. The van der Waals surface area contributed by atoms with E-state index in [0.29, 0.717) is 0 Å². The first kappa shape index (κ1) is 8.75. The SMILES string of the molecule is CCn1nc(CNC)c2c1CCC2. The highest BCUT2D eigenvalue weighted by Gasteiger charge is 2.20. The van der Waals surface area contributed by atoms with Crippen molar-refractivity contribution in [3.63, 3.8) is 0 Å². The molecule has 0 spiro atoms. The van der Waals surface area contributed by atoms with Crippen molar-refractivity contribution in [3.05, 3.63) is 17.0 Å². The lowest BCUT2D eigenvalue weighted by Crippen LogP contribution is -2.08. The molecule has 0 aliphatic heterocycles. The molecule has 0 fully saturated rings. The molecule has 1 aromatic rings. The minimum atomic E-state index is 0.912. The van der Waals surface area contributed by atoms with Gasteiger partial charge in [0, 0.05) is 18.8 Å². The average Bonchev–Trinajstić information content (AvgIpc) is 2.68. The highest BCUT2D eigenvalue weighted by atomic mass is 15.3. The molecule has 0 saturated heterocycles. The molecule has 0 saturated carbocycles. The fraction of sp³-hybridized carbons (Fsp3) is 0.700. The monoisotopic (exact) mass is 179 g/mol. The number of nitrogens with zero attached hydrogens (tertiary/aromatic N) is 2. The summed E-state index contributed by atoms with van der Waals surface area (Å²) in [6.07, 6.45) is 3.76. The van der Waals surface area contributed by atoms with Crippen LogP contribution in [0.2, 0.25) is 0 Å². The Kier molecular flexibility index (Phi) is 2.36. The van der Waals surface area contributed by atoms with Crippen molar-refractivity contribution in [1.29, 1.82) is 0 Å². The van der Waals surface area contributed by atoms with Crippen LogP contribution < -0.4 is 5.32 Å². The summed E-state index contributed by atoms with van der Waals surface area (Å²) in [7, 11) is 1.98. The number of aromatic nitrogens is 2. The van der Waals surface area contributed by atoms with E-state index in [1.54, 1.807) is 0 Å². The first-order valence-electron chi connectivity index (χ1n) is 5.08. The van der Waals surface area contributed by atoms with Crippen molar-refractivity contribution in [1.82, 2.24) is 15.1 Å². The summed E-state index contributed by atoms with van der Waals surface area (Å²) in [4.78, 5) is 0. The van der Waals surface area contributed by atoms with E-state index >= 15 is 0 Å². The summed E-state index contributed by atoms with van der Waals surface area (Å²) >= 11 is 0. The molecule has 0 amide bonds. The van der Waals surface area contributed by atoms with E-state index in [2.05, 4.69) is 22.0 Å². The van der Waals surface area contributed by atoms with Crippen molar-refractivity contribution in [3.8, 4) is 0 Å². The first-order valence-corrected chi connectivity index (χ1v) is 5.08. The maximum atomic E-state index is 4.59. The second kappa shape index (κ2) is 3.50. The van der Waals surface area contributed by atoms with E-state index in [1.165, 1.54) is 36.2 Å². The van der Waals surface area contributed by atoms with Gasteiger partial charge in [0.05, 0.1) is 5.69 Å². The second-order valence-corrected chi connectivity index (χ2v) is 3.57. The predicted molar refractivity (Wildman–Crippen MR) is 52.7 cm³/mol. The Labute approximate surface area is 79.1 Å². The number of rotatable bonds is 3. The van der Waals surface area contributed by atoms with E-state index in [-0.39, 0.29) is 0 Å². The Bertz CT molecular complexity index is 301. The van der Waals surface area contributed by atoms with Gasteiger partial charge in [0.15, 0.2) is 0 Å². The Hall–Kier alpha value is -0.830. The zero-order valence-electron chi connectivity index (χ0n) is 8.43. The molecule has 0 aromatic carbocycles. The van der Waals surface area contributed by atoms with Crippen LogP contribution in [0.15, 0.2) is 0 Å². The van der Waals surface area contributed by atoms with E-state index in [4.69, 9.17) is 0 Å². The van der Waals surface area contributed by atoms with Gasteiger partial charge in [-0.25, -0.2) is 0 Å². The summed E-state index contributed by atoms with van der Waals surface area (Å²) in [6, 6.07) is 0. The van der Waals surface area contributed by atoms with Crippen LogP contribution in [0.1, 0.15) is 30.3 Å². The van der Waals surface area contributed by atoms with Gasteiger partial charge >= 0.3 is 0 Å². The van der Waals surface area contributed by atoms with Crippen molar-refractivity contribution in [2.45, 2.75) is 39.3 Å². The highest BCUT2D eigenvalue weighted by Crippen LogP contribution is 2.24. The molecule has 0 bridgehead atoms. The lowest BCUT2D eigenvalue weighted by atomic mass is 10.2. The quantitative estimate of drug-likeness (QED) is 0.753. The van der Waals surface area contributed by atoms with E-state index in [9.17, 15) is 0 Å². The smallest absolute Gasteiger partial charge is 0.0797 e. The number of nitrogens with one attached hydrogen (secondary N) is 1. The van der Waals surface area contributed by atoms with Gasteiger partial charge in [-0.15, -0.1) is 0 Å². The number of fused-ring (bicyclic) bond motifs is 1. The van der Waals surface area contributed by atoms with Crippen LogP contribution in [-0.2, 0) is 25.9 Å². The largest absolute Gasteiger partial charge is 0.314 e. The summed E-state index contributed by atoms with van der Waals surface area (Å²) in [5.74, 6) is 0. The van der Waals surface area contributed by atoms with Crippen LogP contribution >= 0.6 is 0 Å². The van der Waals surface area contributed by atoms with Crippen molar-refractivity contribution in [2.75, 3.05) is 7.05 Å². The topological polar surface area (TPSA) is 29.9 Å². The molecule has 1 aromatic heterocycles. The number of hydrogen-bond acceptors (Lipinski definition) is 2. The zero-order chi connectivity index (χ0) is 9.26. The summed E-state index contributed by atoms with van der Waals surface area (Å²) in [5.41, 5.74) is 4.25. The lowest BCUT2D eigenvalue weighted by Gasteiger charge is -1.99. The average molecular weight is 179 g/mol. The maximum Gasteiger partial charge on any atom is 0.0797 e. The third-order valence-corrected chi connectivity index (χ3v) is 2.73. The van der Waals surface area contributed by atoms with E-state index in [0.717, 1.165) is 13.1 Å². The van der Waals surface area contributed by atoms with Gasteiger partial charge in [0.1, 0.15) is 0 Å². The molecule has 1 N–H and O–H groups in total. The van der Waals surface area contributed by atoms with Crippen LogP contribution in [0, 0.1) is 0 Å². The molecule has 1 heterocycles. The summed E-state index contributed by atoms with van der Waals surface area (Å²) in [5, 5.41) is 7.77. The fourth-order valence-corrected chi connectivity index (χ4v) is 2.16. The molecule has 13 heavy (non-hydrogen) atoms. The summed E-state index contributed by atoms with van der Waals surface area (Å²) in [6.45, 7) is 4.08. The van der Waals surface area contributed by atoms with Gasteiger partial charge in [0.2, 0.25) is 0 Å². The van der Waals surface area contributed by atoms with Crippen molar-refractivity contribution < 1.29 is 0 Å².